The fourth-order valence-corrected chi connectivity index (χ4v) is 4.26. The van der Waals surface area contributed by atoms with E-state index in [0.717, 1.165) is 25.9 Å². The highest BCUT2D eigenvalue weighted by molar-refractivity contribution is 6.32. The van der Waals surface area contributed by atoms with Gasteiger partial charge < -0.3 is 4.90 Å². The van der Waals surface area contributed by atoms with E-state index >= 15 is 0 Å². The minimum atomic E-state index is -2.36. The highest BCUT2D eigenvalue weighted by Crippen LogP contribution is 2.36. The van der Waals surface area contributed by atoms with Gasteiger partial charge in [0.05, 0.1) is 16.2 Å². The molecule has 1 amide bonds. The topological polar surface area (TPSA) is 79.0 Å². The quantitative estimate of drug-likeness (QED) is 0.151. The van der Waals surface area contributed by atoms with Crippen molar-refractivity contribution in [3.63, 3.8) is 0 Å². The molecule has 2 aromatic rings. The van der Waals surface area contributed by atoms with Gasteiger partial charge in [0.1, 0.15) is 5.69 Å². The van der Waals surface area contributed by atoms with E-state index in [0.29, 0.717) is 5.56 Å². The maximum Gasteiger partial charge on any atom is 0.280 e. The molecule has 0 saturated carbocycles. The van der Waals surface area contributed by atoms with Gasteiger partial charge in [0.15, 0.2) is 23.3 Å². The molecule has 0 aliphatic carbocycles. The maximum absolute atomic E-state index is 14.2. The molecule has 1 saturated heterocycles. The van der Waals surface area contributed by atoms with Crippen LogP contribution in [0.4, 0.5) is 33.3 Å². The zero-order chi connectivity index (χ0) is 25.6. The molecule has 2 aromatic carbocycles. The summed E-state index contributed by atoms with van der Waals surface area (Å²) in [5.41, 5.74) is -1.11. The van der Waals surface area contributed by atoms with Crippen LogP contribution >= 0.6 is 0 Å². The van der Waals surface area contributed by atoms with Crippen LogP contribution in [0, 0.1) is 39.2 Å². The van der Waals surface area contributed by atoms with Gasteiger partial charge in [-0.3, -0.25) is 14.9 Å². The SMILES string of the molecule is CC1=NN(c2c(F)c(F)c(F)c(F)c2F)C(=O)/C1=C/c1ccc(C2CCN(C)CC2)c([N+](=O)[O-])c1. The van der Waals surface area contributed by atoms with E-state index in [2.05, 4.69) is 10.0 Å². The Labute approximate surface area is 196 Å². The largest absolute Gasteiger partial charge is 0.306 e. The minimum absolute atomic E-state index is 0.00516. The summed E-state index contributed by atoms with van der Waals surface area (Å²) in [6.45, 7) is 2.90. The van der Waals surface area contributed by atoms with Gasteiger partial charge in [-0.1, -0.05) is 12.1 Å². The molecule has 0 radical (unpaired) electrons. The van der Waals surface area contributed by atoms with Gasteiger partial charge in [-0.05, 0) is 57.5 Å². The number of anilines is 1. The number of hydrazone groups is 1. The van der Waals surface area contributed by atoms with E-state index in [1.165, 1.54) is 19.1 Å². The lowest BCUT2D eigenvalue weighted by molar-refractivity contribution is -0.385. The number of amides is 1. The van der Waals surface area contributed by atoms with E-state index in [1.54, 1.807) is 12.1 Å². The molecule has 2 heterocycles. The third-order valence-corrected chi connectivity index (χ3v) is 6.18. The summed E-state index contributed by atoms with van der Waals surface area (Å²) in [4.78, 5) is 26.2. The highest BCUT2D eigenvalue weighted by Gasteiger charge is 2.37. The number of hydrogen-bond acceptors (Lipinski definition) is 5. The van der Waals surface area contributed by atoms with Crippen LogP contribution in [0.2, 0.25) is 0 Å². The molecule has 4 rings (SSSR count). The van der Waals surface area contributed by atoms with Gasteiger partial charge in [-0.25, -0.2) is 22.0 Å². The van der Waals surface area contributed by atoms with Crippen LogP contribution < -0.4 is 5.01 Å². The van der Waals surface area contributed by atoms with Gasteiger partial charge in [0.2, 0.25) is 5.82 Å². The molecule has 0 spiro atoms. The Kier molecular flexibility index (Phi) is 6.41. The number of hydrogen-bond donors (Lipinski definition) is 0. The maximum atomic E-state index is 14.2. The van der Waals surface area contributed by atoms with Crippen LogP contribution in [0.25, 0.3) is 6.08 Å². The standard InChI is InChI=1S/C23H19F5N4O3/c1-11-15(23(33)31(29-11)22-20(27)18(25)17(24)19(26)21(22)28)9-12-3-4-14(16(10-12)32(34)35)13-5-7-30(2)8-6-13/h3-4,9-10,13H,5-8H2,1-2H3/b15-9+. The van der Waals surface area contributed by atoms with Crippen LogP contribution in [-0.2, 0) is 4.79 Å². The third kappa shape index (κ3) is 4.29. The van der Waals surface area contributed by atoms with E-state index in [4.69, 9.17) is 0 Å². The predicted octanol–water partition coefficient (Wildman–Crippen LogP) is 4.91. The summed E-state index contributed by atoms with van der Waals surface area (Å²) in [5, 5.41) is 15.5. The Morgan fingerprint density at radius 1 is 1.03 bits per heavy atom. The van der Waals surface area contributed by atoms with Crippen LogP contribution in [0.1, 0.15) is 36.8 Å². The lowest BCUT2D eigenvalue weighted by Gasteiger charge is -2.29. The van der Waals surface area contributed by atoms with Crippen molar-refractivity contribution < 1.29 is 31.7 Å². The van der Waals surface area contributed by atoms with Gasteiger partial charge in [0, 0.05) is 11.6 Å². The van der Waals surface area contributed by atoms with Crippen LogP contribution in [0.15, 0.2) is 28.9 Å². The number of nitro benzene ring substituents is 1. The van der Waals surface area contributed by atoms with Crippen molar-refractivity contribution in [3.05, 3.63) is 74.1 Å². The number of nitrogens with zero attached hydrogens (tertiary/aromatic N) is 4. The molecule has 0 aromatic heterocycles. The highest BCUT2D eigenvalue weighted by atomic mass is 19.2. The molecule has 184 valence electrons. The van der Waals surface area contributed by atoms with Gasteiger partial charge in [-0.15, -0.1) is 0 Å². The molecule has 7 nitrogen and oxygen atoms in total. The van der Waals surface area contributed by atoms with Crippen LogP contribution in [0.5, 0.6) is 0 Å². The summed E-state index contributed by atoms with van der Waals surface area (Å²) in [6, 6.07) is 4.45. The van der Waals surface area contributed by atoms with E-state index < -0.39 is 45.6 Å². The molecule has 12 heteroatoms. The van der Waals surface area contributed by atoms with Crippen molar-refractivity contribution in [2.45, 2.75) is 25.7 Å². The minimum Gasteiger partial charge on any atom is -0.306 e. The number of benzene rings is 2. The second-order valence-corrected chi connectivity index (χ2v) is 8.43. The molecule has 0 unspecified atom stereocenters. The number of nitro groups is 1. The number of carbonyl (C=O) groups excluding carboxylic acids is 1. The summed E-state index contributed by atoms with van der Waals surface area (Å²) in [5.74, 6) is -12.3. The second-order valence-electron chi connectivity index (χ2n) is 8.43. The van der Waals surface area contributed by atoms with Crippen molar-refractivity contribution in [1.82, 2.24) is 4.90 Å². The van der Waals surface area contributed by atoms with E-state index in [-0.39, 0.29) is 33.5 Å². The summed E-state index contributed by atoms with van der Waals surface area (Å²) < 4.78 is 69.1. The zero-order valence-electron chi connectivity index (χ0n) is 18.6. The fraction of sp³-hybridized carbons (Fsp3) is 0.304. The monoisotopic (exact) mass is 494 g/mol. The summed E-state index contributed by atoms with van der Waals surface area (Å²) >= 11 is 0. The smallest absolute Gasteiger partial charge is 0.280 e. The number of carbonyl (C=O) groups is 1. The third-order valence-electron chi connectivity index (χ3n) is 6.18. The van der Waals surface area contributed by atoms with E-state index in [9.17, 15) is 36.9 Å². The number of rotatable bonds is 4. The van der Waals surface area contributed by atoms with Gasteiger partial charge in [0.25, 0.3) is 11.6 Å². The Bertz CT molecular complexity index is 1270. The molecule has 0 bridgehead atoms. The van der Waals surface area contributed by atoms with Gasteiger partial charge >= 0.3 is 0 Å². The van der Waals surface area contributed by atoms with Crippen molar-refractivity contribution in [3.8, 4) is 0 Å². The molecule has 0 N–H and O–H groups in total. The van der Waals surface area contributed by atoms with Crippen LogP contribution in [0.3, 0.4) is 0 Å². The second kappa shape index (κ2) is 9.17. The Morgan fingerprint density at radius 2 is 1.60 bits per heavy atom. The lowest BCUT2D eigenvalue weighted by atomic mass is 9.87. The van der Waals surface area contributed by atoms with Crippen LogP contribution in [-0.4, -0.2) is 41.6 Å². The predicted molar refractivity (Wildman–Crippen MR) is 117 cm³/mol. The summed E-state index contributed by atoms with van der Waals surface area (Å²) in [7, 11) is 1.97. The molecular weight excluding hydrogens is 475 g/mol. The number of likely N-dealkylation sites (tertiary alicyclic amines) is 1. The molecular formula is C23H19F5N4O3. The Hall–Kier alpha value is -3.67. The number of piperidine rings is 1. The molecule has 1 fully saturated rings. The molecule has 2 aliphatic heterocycles. The first-order chi connectivity index (χ1) is 16.5. The summed E-state index contributed by atoms with van der Waals surface area (Å²) in [6.07, 6.45) is 2.72. The Morgan fingerprint density at radius 3 is 2.17 bits per heavy atom. The van der Waals surface area contributed by atoms with Crippen molar-refractivity contribution >= 4 is 29.1 Å². The first kappa shape index (κ1) is 24.5. The van der Waals surface area contributed by atoms with Crippen molar-refractivity contribution in [2.24, 2.45) is 5.10 Å². The molecule has 0 atom stereocenters. The number of halogens is 5. The van der Waals surface area contributed by atoms with Crippen molar-refractivity contribution in [1.29, 1.82) is 0 Å². The average Bonchev–Trinajstić information content (AvgIpc) is 3.10. The lowest BCUT2D eigenvalue weighted by Crippen LogP contribution is -2.29. The zero-order valence-corrected chi connectivity index (χ0v) is 18.6. The van der Waals surface area contributed by atoms with Crippen molar-refractivity contribution in [2.75, 3.05) is 25.1 Å². The Balaban J connectivity index is 1.70. The normalized spacial score (nSPS) is 18.5. The first-order valence-corrected chi connectivity index (χ1v) is 10.6. The molecule has 35 heavy (non-hydrogen) atoms. The first-order valence-electron chi connectivity index (χ1n) is 10.6. The van der Waals surface area contributed by atoms with Gasteiger partial charge in [-0.2, -0.15) is 10.1 Å². The molecule has 2 aliphatic rings. The fourth-order valence-electron chi connectivity index (χ4n) is 4.26. The van der Waals surface area contributed by atoms with E-state index in [1.807, 2.05) is 7.05 Å². The average molecular weight is 494 g/mol.